The summed E-state index contributed by atoms with van der Waals surface area (Å²) in [6.45, 7) is 1.07. The van der Waals surface area contributed by atoms with Crippen LogP contribution >= 0.6 is 22.7 Å². The number of thiophene rings is 2. The molecular weight excluding hydrogens is 246 g/mol. The van der Waals surface area contributed by atoms with Crippen LogP contribution in [0.4, 0.5) is 0 Å². The van der Waals surface area contributed by atoms with Crippen molar-refractivity contribution < 1.29 is 0 Å². The summed E-state index contributed by atoms with van der Waals surface area (Å²) in [6.07, 6.45) is 8.45. The third kappa shape index (κ3) is 2.90. The molecule has 0 aliphatic heterocycles. The van der Waals surface area contributed by atoms with Crippen LogP contribution in [0.15, 0.2) is 17.5 Å². The molecule has 0 unspecified atom stereocenters. The molecule has 0 spiro atoms. The molecule has 1 fully saturated rings. The van der Waals surface area contributed by atoms with Crippen molar-refractivity contribution in [3.05, 3.63) is 22.4 Å². The minimum atomic E-state index is 0.762. The summed E-state index contributed by atoms with van der Waals surface area (Å²) in [6, 6.07) is 5.35. The summed E-state index contributed by atoms with van der Waals surface area (Å²) in [5, 5.41) is 5.93. The van der Waals surface area contributed by atoms with Crippen LogP contribution in [0.1, 0.15) is 43.4 Å². The van der Waals surface area contributed by atoms with Crippen LogP contribution in [-0.4, -0.2) is 6.04 Å². The van der Waals surface area contributed by atoms with Crippen molar-refractivity contribution in [3.8, 4) is 0 Å². The standard InChI is InChI=1S/C14H19NS2/c1-2-4-6-11(5-3-1)15-10-12-9-14-13(17-12)7-8-16-14/h7-9,11,15H,1-6,10H2. The van der Waals surface area contributed by atoms with Crippen LogP contribution in [0.3, 0.4) is 0 Å². The monoisotopic (exact) mass is 265 g/mol. The van der Waals surface area contributed by atoms with Crippen molar-refractivity contribution in [3.63, 3.8) is 0 Å². The average Bonchev–Trinajstić information content (AvgIpc) is 2.79. The second-order valence-electron chi connectivity index (χ2n) is 4.93. The number of fused-ring (bicyclic) bond motifs is 1. The van der Waals surface area contributed by atoms with Crippen molar-refractivity contribution in [2.24, 2.45) is 0 Å². The van der Waals surface area contributed by atoms with Crippen molar-refractivity contribution in [1.82, 2.24) is 5.32 Å². The molecule has 0 amide bonds. The zero-order valence-electron chi connectivity index (χ0n) is 10.1. The first-order valence-corrected chi connectivity index (χ1v) is 8.31. The zero-order chi connectivity index (χ0) is 11.5. The van der Waals surface area contributed by atoms with Gasteiger partial charge >= 0.3 is 0 Å². The number of rotatable bonds is 3. The second kappa shape index (κ2) is 5.51. The van der Waals surface area contributed by atoms with Gasteiger partial charge in [-0.2, -0.15) is 0 Å². The molecule has 0 aromatic carbocycles. The number of nitrogens with one attached hydrogen (secondary N) is 1. The highest BCUT2D eigenvalue weighted by Gasteiger charge is 2.12. The van der Waals surface area contributed by atoms with E-state index in [1.165, 1.54) is 52.8 Å². The molecule has 0 radical (unpaired) electrons. The van der Waals surface area contributed by atoms with E-state index in [9.17, 15) is 0 Å². The van der Waals surface area contributed by atoms with Gasteiger partial charge in [-0.25, -0.2) is 0 Å². The first-order chi connectivity index (χ1) is 8.42. The van der Waals surface area contributed by atoms with Crippen LogP contribution in [-0.2, 0) is 6.54 Å². The fourth-order valence-corrected chi connectivity index (χ4v) is 4.72. The highest BCUT2D eigenvalue weighted by molar-refractivity contribution is 7.26. The smallest absolute Gasteiger partial charge is 0.0453 e. The van der Waals surface area contributed by atoms with Crippen LogP contribution in [0, 0.1) is 0 Å². The second-order valence-corrected chi connectivity index (χ2v) is 7.05. The van der Waals surface area contributed by atoms with Crippen LogP contribution in [0.2, 0.25) is 0 Å². The van der Waals surface area contributed by atoms with E-state index in [0.717, 1.165) is 12.6 Å². The molecule has 3 heteroatoms. The van der Waals surface area contributed by atoms with Crippen molar-refractivity contribution in [2.75, 3.05) is 0 Å². The number of hydrogen-bond donors (Lipinski definition) is 1. The van der Waals surface area contributed by atoms with Gasteiger partial charge in [-0.3, -0.25) is 0 Å². The molecule has 2 aromatic rings. The molecule has 2 aromatic heterocycles. The third-order valence-corrected chi connectivity index (χ3v) is 5.70. The summed E-state index contributed by atoms with van der Waals surface area (Å²) in [5.41, 5.74) is 0. The molecule has 0 bridgehead atoms. The Kier molecular flexibility index (Phi) is 3.79. The van der Waals surface area contributed by atoms with Gasteiger partial charge in [0.15, 0.2) is 0 Å². The Hall–Kier alpha value is -0.380. The van der Waals surface area contributed by atoms with E-state index in [0.29, 0.717) is 0 Å². The lowest BCUT2D eigenvalue weighted by molar-refractivity contribution is 0.461. The zero-order valence-corrected chi connectivity index (χ0v) is 11.7. The van der Waals surface area contributed by atoms with Gasteiger partial charge < -0.3 is 5.32 Å². The molecule has 0 atom stereocenters. The molecule has 1 saturated carbocycles. The Balaban J connectivity index is 1.57. The highest BCUT2D eigenvalue weighted by Crippen LogP contribution is 2.30. The molecule has 1 aliphatic carbocycles. The van der Waals surface area contributed by atoms with Crippen LogP contribution in [0.25, 0.3) is 9.40 Å². The van der Waals surface area contributed by atoms with E-state index in [1.54, 1.807) is 0 Å². The molecule has 0 saturated heterocycles. The first kappa shape index (κ1) is 11.7. The molecule has 2 heterocycles. The minimum absolute atomic E-state index is 0.762. The minimum Gasteiger partial charge on any atom is -0.309 e. The molecule has 92 valence electrons. The molecule has 1 nitrogen and oxygen atoms in total. The van der Waals surface area contributed by atoms with Gasteiger partial charge in [0.05, 0.1) is 0 Å². The quantitative estimate of drug-likeness (QED) is 0.788. The molecule has 1 N–H and O–H groups in total. The topological polar surface area (TPSA) is 12.0 Å². The first-order valence-electron chi connectivity index (χ1n) is 6.61. The van der Waals surface area contributed by atoms with Crippen LogP contribution in [0.5, 0.6) is 0 Å². The molecule has 17 heavy (non-hydrogen) atoms. The Morgan fingerprint density at radius 1 is 1.12 bits per heavy atom. The van der Waals surface area contributed by atoms with Gasteiger partial charge in [-0.1, -0.05) is 25.7 Å². The lowest BCUT2D eigenvalue weighted by Crippen LogP contribution is -2.27. The summed E-state index contributed by atoms with van der Waals surface area (Å²) in [7, 11) is 0. The van der Waals surface area contributed by atoms with E-state index in [4.69, 9.17) is 0 Å². The van der Waals surface area contributed by atoms with E-state index >= 15 is 0 Å². The fourth-order valence-electron chi connectivity index (χ4n) is 2.63. The Bertz CT molecular complexity index is 435. The van der Waals surface area contributed by atoms with E-state index < -0.39 is 0 Å². The molecule has 1 aliphatic rings. The van der Waals surface area contributed by atoms with Crippen LogP contribution < -0.4 is 5.32 Å². The summed E-state index contributed by atoms with van der Waals surface area (Å²) < 4.78 is 2.90. The summed E-state index contributed by atoms with van der Waals surface area (Å²) >= 11 is 3.80. The van der Waals surface area contributed by atoms with E-state index in [2.05, 4.69) is 22.8 Å². The van der Waals surface area contributed by atoms with Crippen molar-refractivity contribution in [1.29, 1.82) is 0 Å². The Labute approximate surface area is 111 Å². The van der Waals surface area contributed by atoms with Gasteiger partial charge in [0.1, 0.15) is 0 Å². The highest BCUT2D eigenvalue weighted by atomic mass is 32.1. The number of hydrogen-bond acceptors (Lipinski definition) is 3. The van der Waals surface area contributed by atoms with Gasteiger partial charge in [-0.05, 0) is 30.4 Å². The largest absolute Gasteiger partial charge is 0.309 e. The maximum absolute atomic E-state index is 3.74. The van der Waals surface area contributed by atoms with Gasteiger partial charge in [0, 0.05) is 26.9 Å². The predicted octanol–water partition coefficient (Wildman–Crippen LogP) is 4.78. The SMILES string of the molecule is c1cc2sc(CNC3CCCCCC3)cc2s1. The Morgan fingerprint density at radius 2 is 1.94 bits per heavy atom. The fraction of sp³-hybridized carbons (Fsp3) is 0.571. The molecular formula is C14H19NS2. The van der Waals surface area contributed by atoms with Crippen molar-refractivity contribution >= 4 is 32.1 Å². The van der Waals surface area contributed by atoms with E-state index in [1.807, 2.05) is 22.7 Å². The van der Waals surface area contributed by atoms with Gasteiger partial charge in [-0.15, -0.1) is 22.7 Å². The predicted molar refractivity (Wildman–Crippen MR) is 78.0 cm³/mol. The van der Waals surface area contributed by atoms with Gasteiger partial charge in [0.25, 0.3) is 0 Å². The summed E-state index contributed by atoms with van der Waals surface area (Å²) in [5.74, 6) is 0. The maximum Gasteiger partial charge on any atom is 0.0453 e. The van der Waals surface area contributed by atoms with Gasteiger partial charge in [0.2, 0.25) is 0 Å². The maximum atomic E-state index is 3.74. The normalized spacial score (nSPS) is 18.6. The lowest BCUT2D eigenvalue weighted by Gasteiger charge is -2.15. The molecule has 3 rings (SSSR count). The lowest BCUT2D eigenvalue weighted by atomic mass is 10.1. The van der Waals surface area contributed by atoms with E-state index in [-0.39, 0.29) is 0 Å². The van der Waals surface area contributed by atoms with Crippen molar-refractivity contribution in [2.45, 2.75) is 51.1 Å². The average molecular weight is 265 g/mol. The summed E-state index contributed by atoms with van der Waals surface area (Å²) in [4.78, 5) is 1.50. The third-order valence-electron chi connectivity index (χ3n) is 3.61. The Morgan fingerprint density at radius 3 is 2.71 bits per heavy atom.